The van der Waals surface area contributed by atoms with Gasteiger partial charge in [-0.05, 0) is 65.1 Å². The van der Waals surface area contributed by atoms with Crippen LogP contribution in [0.1, 0.15) is 63.6 Å². The van der Waals surface area contributed by atoms with E-state index in [9.17, 15) is 9.90 Å². The summed E-state index contributed by atoms with van der Waals surface area (Å²) < 4.78 is 11.0. The highest BCUT2D eigenvalue weighted by Gasteiger charge is 2.21. The Balaban J connectivity index is 0.000000537. The average Bonchev–Trinajstić information content (AvgIpc) is 2.65. The number of aliphatic carboxylic acids is 1. The first-order chi connectivity index (χ1) is 13.6. The van der Waals surface area contributed by atoms with Gasteiger partial charge in [-0.25, -0.2) is 0 Å². The summed E-state index contributed by atoms with van der Waals surface area (Å²) in [6, 6.07) is 11.9. The van der Waals surface area contributed by atoms with Crippen molar-refractivity contribution in [2.24, 2.45) is 5.41 Å². The molecule has 1 N–H and O–H groups in total. The zero-order valence-corrected chi connectivity index (χ0v) is 18.5. The Kier molecular flexibility index (Phi) is 7.86. The Hall–Kier alpha value is -2.33. The van der Waals surface area contributed by atoms with Crippen molar-refractivity contribution in [3.05, 3.63) is 53.1 Å². The Labute approximate surface area is 174 Å². The van der Waals surface area contributed by atoms with E-state index >= 15 is 0 Å². The van der Waals surface area contributed by atoms with Crippen LogP contribution in [-0.4, -0.2) is 24.8 Å². The number of carboxylic acid groups (broad SMARTS) is 1. The maximum Gasteiger partial charge on any atom is 0.310 e. The van der Waals surface area contributed by atoms with Gasteiger partial charge in [0, 0.05) is 7.11 Å². The molecule has 0 bridgehead atoms. The van der Waals surface area contributed by atoms with Crippen LogP contribution in [0.5, 0.6) is 5.75 Å². The van der Waals surface area contributed by atoms with Crippen LogP contribution in [0.4, 0.5) is 0 Å². The van der Waals surface area contributed by atoms with Crippen LogP contribution in [0, 0.1) is 5.41 Å². The van der Waals surface area contributed by atoms with Gasteiger partial charge in [-0.15, -0.1) is 0 Å². The quantitative estimate of drug-likeness (QED) is 0.664. The highest BCUT2D eigenvalue weighted by atomic mass is 16.5. The van der Waals surface area contributed by atoms with Gasteiger partial charge in [-0.3, -0.25) is 4.79 Å². The minimum atomic E-state index is -0.827. The highest BCUT2D eigenvalue weighted by Crippen LogP contribution is 2.36. The molecule has 0 radical (unpaired) electrons. The topological polar surface area (TPSA) is 55.8 Å². The molecule has 0 aliphatic carbocycles. The summed E-state index contributed by atoms with van der Waals surface area (Å²) in [5, 5.41) is 9.47. The molecule has 0 saturated heterocycles. The van der Waals surface area contributed by atoms with Crippen LogP contribution >= 0.6 is 0 Å². The normalized spacial score (nSPS) is 14.1. The third-order valence-corrected chi connectivity index (χ3v) is 4.52. The first-order valence-corrected chi connectivity index (χ1v) is 10.2. The lowest BCUT2D eigenvalue weighted by molar-refractivity contribution is -0.138. The van der Waals surface area contributed by atoms with Crippen molar-refractivity contribution in [1.29, 1.82) is 0 Å². The monoisotopic (exact) mass is 398 g/mol. The van der Waals surface area contributed by atoms with Crippen molar-refractivity contribution in [1.82, 2.24) is 0 Å². The molecule has 2 aromatic carbocycles. The molecule has 1 unspecified atom stereocenters. The third kappa shape index (κ3) is 6.60. The lowest BCUT2D eigenvalue weighted by Crippen LogP contribution is -2.11. The minimum absolute atomic E-state index is 0.448. The fraction of sp³-hybridized carbons (Fsp3) is 0.480. The van der Waals surface area contributed by atoms with Crippen LogP contribution in [0.2, 0.25) is 0 Å². The molecule has 1 aliphatic rings. The fourth-order valence-corrected chi connectivity index (χ4v) is 3.26. The van der Waals surface area contributed by atoms with E-state index < -0.39 is 11.9 Å². The largest absolute Gasteiger partial charge is 0.493 e. The molecule has 4 nitrogen and oxygen atoms in total. The summed E-state index contributed by atoms with van der Waals surface area (Å²) in [5.74, 6) is -0.474. The summed E-state index contributed by atoms with van der Waals surface area (Å²) in [6.45, 7) is 11.7. The average molecular weight is 399 g/mol. The molecule has 4 heteroatoms. The smallest absolute Gasteiger partial charge is 0.310 e. The van der Waals surface area contributed by atoms with Crippen LogP contribution in [0.25, 0.3) is 11.1 Å². The minimum Gasteiger partial charge on any atom is -0.493 e. The third-order valence-electron chi connectivity index (χ3n) is 4.52. The maximum atomic E-state index is 11.5. The Morgan fingerprint density at radius 3 is 2.52 bits per heavy atom. The second-order valence-electron chi connectivity index (χ2n) is 9.15. The fourth-order valence-electron chi connectivity index (χ4n) is 3.26. The first kappa shape index (κ1) is 23.0. The zero-order chi connectivity index (χ0) is 21.6. The van der Waals surface area contributed by atoms with E-state index in [-0.39, 0.29) is 0 Å². The van der Waals surface area contributed by atoms with Crippen molar-refractivity contribution >= 4 is 5.97 Å². The van der Waals surface area contributed by atoms with Crippen molar-refractivity contribution in [2.75, 3.05) is 13.7 Å². The highest BCUT2D eigenvalue weighted by molar-refractivity contribution is 5.82. The molecule has 0 amide bonds. The van der Waals surface area contributed by atoms with Crippen molar-refractivity contribution in [2.45, 2.75) is 60.0 Å². The van der Waals surface area contributed by atoms with E-state index in [4.69, 9.17) is 9.47 Å². The molecular formula is C25H34O4. The predicted octanol–water partition coefficient (Wildman–Crippen LogP) is 6.07. The van der Waals surface area contributed by atoms with E-state index in [0.717, 1.165) is 47.5 Å². The molecule has 3 rings (SSSR count). The Morgan fingerprint density at radius 1 is 1.21 bits per heavy atom. The van der Waals surface area contributed by atoms with Gasteiger partial charge in [0.05, 0.1) is 19.1 Å². The first-order valence-electron chi connectivity index (χ1n) is 10.2. The number of benzene rings is 2. The number of ether oxygens (including phenoxy) is 2. The van der Waals surface area contributed by atoms with E-state index in [1.807, 2.05) is 30.3 Å². The maximum absolute atomic E-state index is 11.5. The van der Waals surface area contributed by atoms with Gasteiger partial charge in [0.1, 0.15) is 5.75 Å². The second-order valence-corrected chi connectivity index (χ2v) is 9.15. The van der Waals surface area contributed by atoms with Crippen LogP contribution < -0.4 is 4.74 Å². The molecule has 0 saturated carbocycles. The molecule has 1 atom stereocenters. The number of carbonyl (C=O) groups is 1. The van der Waals surface area contributed by atoms with Crippen molar-refractivity contribution in [3.8, 4) is 16.9 Å². The summed E-state index contributed by atoms with van der Waals surface area (Å²) >= 11 is 0. The van der Waals surface area contributed by atoms with Gasteiger partial charge in [-0.2, -0.15) is 0 Å². The number of hydrogen-bond donors (Lipinski definition) is 1. The summed E-state index contributed by atoms with van der Waals surface area (Å²) in [7, 11) is 1.65. The molecule has 158 valence electrons. The molecule has 0 spiro atoms. The lowest BCUT2D eigenvalue weighted by atomic mass is 9.87. The summed E-state index contributed by atoms with van der Waals surface area (Å²) in [5.41, 5.74) is 5.48. The van der Waals surface area contributed by atoms with Crippen LogP contribution in [0.15, 0.2) is 36.4 Å². The molecule has 2 aromatic rings. The lowest BCUT2D eigenvalue weighted by Gasteiger charge is -2.21. The Bertz CT molecular complexity index is 827. The standard InChI is InChI=1S/C20H22O4.C5H12/c1-13(20(21)22)17-7-3-5-16(12-23-2)19(17)15-8-9-18-14(11-15)6-4-10-24-18;1-5(2,3)4/h3,5,7-9,11,13H,4,6,10,12H2,1-2H3,(H,21,22);1-4H3. The molecule has 1 heterocycles. The molecular weight excluding hydrogens is 364 g/mol. The predicted molar refractivity (Wildman–Crippen MR) is 118 cm³/mol. The molecule has 29 heavy (non-hydrogen) atoms. The van der Waals surface area contributed by atoms with Crippen molar-refractivity contribution in [3.63, 3.8) is 0 Å². The zero-order valence-electron chi connectivity index (χ0n) is 18.5. The van der Waals surface area contributed by atoms with Gasteiger partial charge >= 0.3 is 5.97 Å². The number of aryl methyl sites for hydroxylation is 1. The van der Waals surface area contributed by atoms with E-state index in [2.05, 4.69) is 33.8 Å². The van der Waals surface area contributed by atoms with E-state index in [1.165, 1.54) is 5.56 Å². The number of hydrogen-bond acceptors (Lipinski definition) is 3. The van der Waals surface area contributed by atoms with Gasteiger partial charge < -0.3 is 14.6 Å². The van der Waals surface area contributed by atoms with Gasteiger partial charge in [0.25, 0.3) is 0 Å². The SMILES string of the molecule is CC(C)(C)C.COCc1cccc(C(C)C(=O)O)c1-c1ccc2c(c1)CCCO2. The number of methoxy groups -OCH3 is 1. The molecule has 1 aliphatic heterocycles. The molecule has 0 fully saturated rings. The summed E-state index contributed by atoms with van der Waals surface area (Å²) in [6.07, 6.45) is 1.99. The van der Waals surface area contributed by atoms with Crippen LogP contribution in [-0.2, 0) is 22.6 Å². The second kappa shape index (κ2) is 9.93. The van der Waals surface area contributed by atoms with Crippen molar-refractivity contribution < 1.29 is 19.4 Å². The number of fused-ring (bicyclic) bond motifs is 1. The number of rotatable bonds is 5. The Morgan fingerprint density at radius 2 is 1.90 bits per heavy atom. The number of carboxylic acids is 1. The van der Waals surface area contributed by atoms with Gasteiger partial charge in [0.15, 0.2) is 0 Å². The van der Waals surface area contributed by atoms with Gasteiger partial charge in [-0.1, -0.05) is 52.0 Å². The summed E-state index contributed by atoms with van der Waals surface area (Å²) in [4.78, 5) is 11.5. The van der Waals surface area contributed by atoms with Crippen LogP contribution in [0.3, 0.4) is 0 Å². The molecule has 0 aromatic heterocycles. The van der Waals surface area contributed by atoms with E-state index in [1.54, 1.807) is 14.0 Å². The van der Waals surface area contributed by atoms with E-state index in [0.29, 0.717) is 12.0 Å². The van der Waals surface area contributed by atoms with Gasteiger partial charge in [0.2, 0.25) is 0 Å².